The van der Waals surface area contributed by atoms with Crippen LogP contribution in [0.4, 0.5) is 0 Å². The second kappa shape index (κ2) is 6.55. The molecule has 4 rings (SSSR count). The Balaban J connectivity index is 1.31. The van der Waals surface area contributed by atoms with Crippen LogP contribution in [0.2, 0.25) is 0 Å². The van der Waals surface area contributed by atoms with Crippen molar-refractivity contribution in [1.82, 2.24) is 25.5 Å². The Kier molecular flexibility index (Phi) is 4.26. The maximum absolute atomic E-state index is 12.2. The van der Waals surface area contributed by atoms with Crippen molar-refractivity contribution in [2.45, 2.75) is 48.7 Å². The van der Waals surface area contributed by atoms with Gasteiger partial charge in [0.25, 0.3) is 0 Å². The average Bonchev–Trinajstić information content (AvgIpc) is 3.31. The molecule has 0 radical (unpaired) electrons. The van der Waals surface area contributed by atoms with Gasteiger partial charge in [-0.3, -0.25) is 4.79 Å². The Morgan fingerprint density at radius 3 is 2.75 bits per heavy atom. The number of thioether (sulfide) groups is 1. The van der Waals surface area contributed by atoms with E-state index in [0.717, 1.165) is 30.8 Å². The van der Waals surface area contributed by atoms with Gasteiger partial charge in [0.2, 0.25) is 11.1 Å². The number of carbonyl (C=O) groups excluding carboxylic acids is 1. The number of tetrazole rings is 1. The molecule has 0 spiro atoms. The monoisotopic (exact) mass is 343 g/mol. The van der Waals surface area contributed by atoms with E-state index in [9.17, 15) is 4.79 Å². The van der Waals surface area contributed by atoms with E-state index in [2.05, 4.69) is 45.1 Å². The van der Waals surface area contributed by atoms with Crippen LogP contribution in [-0.4, -0.2) is 38.4 Å². The number of nitrogens with one attached hydrogen (secondary N) is 1. The lowest BCUT2D eigenvalue weighted by Gasteiger charge is -2.42. The third kappa shape index (κ3) is 3.17. The first kappa shape index (κ1) is 15.6. The van der Waals surface area contributed by atoms with Crippen LogP contribution in [0.3, 0.4) is 0 Å². The van der Waals surface area contributed by atoms with Crippen molar-refractivity contribution in [2.24, 2.45) is 0 Å². The van der Waals surface area contributed by atoms with Crippen molar-refractivity contribution < 1.29 is 4.79 Å². The maximum Gasteiger partial charge on any atom is 0.230 e. The number of hydrogen-bond acceptors (Lipinski definition) is 5. The molecule has 0 unspecified atom stereocenters. The predicted molar refractivity (Wildman–Crippen MR) is 91.8 cm³/mol. The molecule has 2 aliphatic carbocycles. The molecule has 2 aliphatic rings. The predicted octanol–water partition coefficient (Wildman–Crippen LogP) is 2.34. The molecule has 0 atom stereocenters. The minimum atomic E-state index is 0.0487. The van der Waals surface area contributed by atoms with Crippen molar-refractivity contribution in [3.8, 4) is 0 Å². The van der Waals surface area contributed by atoms with Gasteiger partial charge in [-0.2, -0.15) is 0 Å². The van der Waals surface area contributed by atoms with Crippen LogP contribution in [0.5, 0.6) is 0 Å². The van der Waals surface area contributed by atoms with E-state index in [1.807, 2.05) is 10.7 Å². The molecule has 1 aromatic heterocycles. The highest BCUT2D eigenvalue weighted by atomic mass is 32.2. The molecule has 2 fully saturated rings. The molecular weight excluding hydrogens is 322 g/mol. The van der Waals surface area contributed by atoms with Gasteiger partial charge in [0.15, 0.2) is 0 Å². The van der Waals surface area contributed by atoms with Crippen LogP contribution in [0.1, 0.15) is 43.7 Å². The summed E-state index contributed by atoms with van der Waals surface area (Å²) in [6.45, 7) is 0.712. The lowest BCUT2D eigenvalue weighted by atomic mass is 9.64. The summed E-state index contributed by atoms with van der Waals surface area (Å²) < 4.78 is 1.84. The quantitative estimate of drug-likeness (QED) is 0.781. The van der Waals surface area contributed by atoms with Crippen molar-refractivity contribution in [2.75, 3.05) is 12.3 Å². The molecule has 2 saturated carbocycles. The smallest absolute Gasteiger partial charge is 0.230 e. The van der Waals surface area contributed by atoms with Crippen molar-refractivity contribution in [3.05, 3.63) is 35.9 Å². The first-order valence-corrected chi connectivity index (χ1v) is 9.48. The molecule has 2 aromatic rings. The molecular formula is C17H21N5OS. The zero-order valence-corrected chi connectivity index (χ0v) is 14.3. The number of aromatic nitrogens is 4. The van der Waals surface area contributed by atoms with Crippen molar-refractivity contribution in [3.63, 3.8) is 0 Å². The van der Waals surface area contributed by atoms with E-state index in [1.165, 1.54) is 23.7 Å². The number of carbonyl (C=O) groups is 1. The molecule has 1 aromatic carbocycles. The van der Waals surface area contributed by atoms with Crippen LogP contribution < -0.4 is 5.32 Å². The summed E-state index contributed by atoms with van der Waals surface area (Å²) in [5.74, 6) is 0.408. The number of amides is 1. The largest absolute Gasteiger partial charge is 0.354 e. The summed E-state index contributed by atoms with van der Waals surface area (Å²) in [6, 6.07) is 11.0. The van der Waals surface area contributed by atoms with Crippen LogP contribution in [0, 0.1) is 0 Å². The summed E-state index contributed by atoms with van der Waals surface area (Å²) in [5.41, 5.74) is 1.46. The second-order valence-corrected chi connectivity index (χ2v) is 7.65. The molecule has 24 heavy (non-hydrogen) atoms. The molecule has 1 amide bonds. The fourth-order valence-corrected chi connectivity index (χ4v) is 4.01. The molecule has 1 heterocycles. The normalized spacial score (nSPS) is 18.8. The van der Waals surface area contributed by atoms with Crippen LogP contribution >= 0.6 is 11.8 Å². The molecule has 0 bridgehead atoms. The number of rotatable bonds is 7. The molecule has 6 nitrogen and oxygen atoms in total. The van der Waals surface area contributed by atoms with Gasteiger partial charge in [-0.15, -0.1) is 5.10 Å². The van der Waals surface area contributed by atoms with Gasteiger partial charge < -0.3 is 5.32 Å². The summed E-state index contributed by atoms with van der Waals surface area (Å²) in [4.78, 5) is 12.2. The van der Waals surface area contributed by atoms with Gasteiger partial charge in [-0.1, -0.05) is 48.5 Å². The summed E-state index contributed by atoms with van der Waals surface area (Å²) >= 11 is 1.42. The highest BCUT2D eigenvalue weighted by molar-refractivity contribution is 7.99. The van der Waals surface area contributed by atoms with Crippen molar-refractivity contribution >= 4 is 17.7 Å². The highest BCUT2D eigenvalue weighted by Crippen LogP contribution is 2.43. The van der Waals surface area contributed by atoms with Gasteiger partial charge in [-0.25, -0.2) is 4.68 Å². The zero-order chi connectivity index (χ0) is 16.4. The molecule has 126 valence electrons. The third-order valence-corrected chi connectivity index (χ3v) is 5.94. The van der Waals surface area contributed by atoms with Crippen LogP contribution in [-0.2, 0) is 10.2 Å². The first-order chi connectivity index (χ1) is 11.8. The Morgan fingerprint density at radius 1 is 1.29 bits per heavy atom. The van der Waals surface area contributed by atoms with E-state index < -0.39 is 0 Å². The average molecular weight is 343 g/mol. The minimum absolute atomic E-state index is 0.0487. The van der Waals surface area contributed by atoms with E-state index in [1.54, 1.807) is 0 Å². The molecule has 0 saturated heterocycles. The van der Waals surface area contributed by atoms with Crippen LogP contribution in [0.25, 0.3) is 0 Å². The van der Waals surface area contributed by atoms with E-state index in [-0.39, 0.29) is 11.3 Å². The van der Waals surface area contributed by atoms with Gasteiger partial charge in [0.05, 0.1) is 11.8 Å². The summed E-state index contributed by atoms with van der Waals surface area (Å²) in [5, 5.41) is 15.6. The standard InChI is InChI=1S/C17H21N5OS/c23-15(11-24-16-19-20-21-22(16)14-7-8-14)18-12-17(9-4-10-17)13-5-2-1-3-6-13/h1-3,5-6,14H,4,7-12H2,(H,18,23). The first-order valence-electron chi connectivity index (χ1n) is 8.50. The van der Waals surface area contributed by atoms with E-state index in [4.69, 9.17) is 0 Å². The maximum atomic E-state index is 12.2. The van der Waals surface area contributed by atoms with Gasteiger partial charge >= 0.3 is 0 Å². The molecule has 0 aliphatic heterocycles. The number of nitrogens with zero attached hydrogens (tertiary/aromatic N) is 4. The lowest BCUT2D eigenvalue weighted by molar-refractivity contribution is -0.119. The SMILES string of the molecule is O=C(CSc1nnnn1C1CC1)NCC1(c2ccccc2)CCC1. The zero-order valence-electron chi connectivity index (χ0n) is 13.5. The third-order valence-electron chi connectivity index (χ3n) is 5.01. The summed E-state index contributed by atoms with van der Waals surface area (Å²) in [7, 11) is 0. The van der Waals surface area contributed by atoms with Crippen molar-refractivity contribution in [1.29, 1.82) is 0 Å². The summed E-state index contributed by atoms with van der Waals surface area (Å²) in [6.07, 6.45) is 5.78. The Morgan fingerprint density at radius 2 is 2.08 bits per heavy atom. The lowest BCUT2D eigenvalue weighted by Crippen LogP contribution is -2.46. The number of benzene rings is 1. The molecule has 1 N–H and O–H groups in total. The fourth-order valence-electron chi connectivity index (χ4n) is 3.24. The van der Waals surface area contributed by atoms with Gasteiger partial charge in [0.1, 0.15) is 0 Å². The minimum Gasteiger partial charge on any atom is -0.354 e. The second-order valence-electron chi connectivity index (χ2n) is 6.70. The van der Waals surface area contributed by atoms with E-state index >= 15 is 0 Å². The molecule has 7 heteroatoms. The van der Waals surface area contributed by atoms with Gasteiger partial charge in [0, 0.05) is 12.0 Å². The van der Waals surface area contributed by atoms with Crippen LogP contribution in [0.15, 0.2) is 35.5 Å². The van der Waals surface area contributed by atoms with E-state index in [0.29, 0.717) is 18.3 Å². The topological polar surface area (TPSA) is 72.7 Å². The Labute approximate surface area is 145 Å². The van der Waals surface area contributed by atoms with Gasteiger partial charge in [-0.05, 0) is 41.7 Å². The Bertz CT molecular complexity index is 709. The fraction of sp³-hybridized carbons (Fsp3) is 0.529. The highest BCUT2D eigenvalue weighted by Gasteiger charge is 2.38. The number of hydrogen-bond donors (Lipinski definition) is 1. The Hall–Kier alpha value is -1.89.